The Hall–Kier alpha value is -1.10. The van der Waals surface area contributed by atoms with Gasteiger partial charge in [-0.2, -0.15) is 0 Å². The van der Waals surface area contributed by atoms with Gasteiger partial charge in [0.25, 0.3) is 5.91 Å². The van der Waals surface area contributed by atoms with Crippen LogP contribution in [0, 0.1) is 0 Å². The van der Waals surface area contributed by atoms with Crippen LogP contribution in [0.15, 0.2) is 5.38 Å². The lowest BCUT2D eigenvalue weighted by molar-refractivity contribution is 0.0951. The molecule has 1 saturated carbocycles. The number of carbonyl (C=O) groups excluding carboxylic acids is 1. The summed E-state index contributed by atoms with van der Waals surface area (Å²) < 4.78 is 0. The average molecular weight is 211 g/mol. The lowest BCUT2D eigenvalue weighted by Crippen LogP contribution is -2.22. The minimum Gasteiger partial charge on any atom is -0.359 e. The zero-order valence-corrected chi connectivity index (χ0v) is 8.86. The summed E-state index contributed by atoms with van der Waals surface area (Å²) in [5.41, 5.74) is 0.514. The molecule has 0 spiro atoms. The summed E-state index contributed by atoms with van der Waals surface area (Å²) in [5, 5.41) is 8.62. The number of aromatic nitrogens is 1. The number of amides is 1. The van der Waals surface area contributed by atoms with E-state index in [1.807, 2.05) is 6.92 Å². The first-order chi connectivity index (χ1) is 6.79. The van der Waals surface area contributed by atoms with E-state index in [0.717, 1.165) is 5.13 Å². The molecule has 0 atom stereocenters. The molecule has 2 N–H and O–H groups in total. The summed E-state index contributed by atoms with van der Waals surface area (Å²) >= 11 is 1.49. The minimum absolute atomic E-state index is 0.0902. The maximum absolute atomic E-state index is 11.4. The van der Waals surface area contributed by atoms with Gasteiger partial charge in [-0.3, -0.25) is 4.79 Å². The predicted octanol–water partition coefficient (Wildman–Crippen LogP) is 1.47. The first-order valence-electron chi connectivity index (χ1n) is 4.80. The summed E-state index contributed by atoms with van der Waals surface area (Å²) in [6, 6.07) is 0.586. The molecule has 76 valence electrons. The number of rotatable bonds is 4. The van der Waals surface area contributed by atoms with Crippen molar-refractivity contribution in [2.45, 2.75) is 25.8 Å². The molecule has 4 nitrogen and oxygen atoms in total. The van der Waals surface area contributed by atoms with Crippen LogP contribution >= 0.6 is 11.3 Å². The highest BCUT2D eigenvalue weighted by Crippen LogP contribution is 2.26. The third kappa shape index (κ3) is 2.23. The molecular weight excluding hydrogens is 198 g/mol. The maximum atomic E-state index is 11.4. The molecule has 0 aromatic carbocycles. The Balaban J connectivity index is 1.97. The third-order valence-corrected chi connectivity index (χ3v) is 2.75. The van der Waals surface area contributed by atoms with E-state index in [4.69, 9.17) is 0 Å². The van der Waals surface area contributed by atoms with Crippen LogP contribution in [0.1, 0.15) is 30.3 Å². The number of anilines is 1. The fourth-order valence-corrected chi connectivity index (χ4v) is 1.87. The fraction of sp³-hybridized carbons (Fsp3) is 0.556. The van der Waals surface area contributed by atoms with Gasteiger partial charge < -0.3 is 10.6 Å². The molecule has 1 heterocycles. The highest BCUT2D eigenvalue weighted by atomic mass is 32.1. The highest BCUT2D eigenvalue weighted by molar-refractivity contribution is 7.13. The van der Waals surface area contributed by atoms with Crippen LogP contribution in [-0.4, -0.2) is 23.5 Å². The normalized spacial score (nSPS) is 15.2. The van der Waals surface area contributed by atoms with Gasteiger partial charge in [-0.1, -0.05) is 0 Å². The van der Waals surface area contributed by atoms with Crippen molar-refractivity contribution in [3.8, 4) is 0 Å². The monoisotopic (exact) mass is 211 g/mol. The van der Waals surface area contributed by atoms with Gasteiger partial charge in [-0.25, -0.2) is 4.98 Å². The Labute approximate surface area is 86.7 Å². The van der Waals surface area contributed by atoms with Gasteiger partial charge in [0.15, 0.2) is 5.13 Å². The third-order valence-electron chi connectivity index (χ3n) is 1.98. The minimum atomic E-state index is -0.0902. The Morgan fingerprint density at radius 1 is 1.71 bits per heavy atom. The van der Waals surface area contributed by atoms with Gasteiger partial charge in [-0.15, -0.1) is 11.3 Å². The van der Waals surface area contributed by atoms with Crippen molar-refractivity contribution in [2.75, 3.05) is 11.9 Å². The quantitative estimate of drug-likeness (QED) is 0.793. The molecule has 0 bridgehead atoms. The second-order valence-corrected chi connectivity index (χ2v) is 4.17. The number of thiazole rings is 1. The van der Waals surface area contributed by atoms with E-state index in [2.05, 4.69) is 15.6 Å². The van der Waals surface area contributed by atoms with Gasteiger partial charge in [0.2, 0.25) is 0 Å². The second kappa shape index (κ2) is 3.96. The summed E-state index contributed by atoms with van der Waals surface area (Å²) in [7, 11) is 0. The van der Waals surface area contributed by atoms with E-state index in [0.29, 0.717) is 18.3 Å². The Morgan fingerprint density at radius 3 is 3.14 bits per heavy atom. The molecule has 0 aliphatic heterocycles. The molecule has 14 heavy (non-hydrogen) atoms. The number of nitrogens with one attached hydrogen (secondary N) is 2. The predicted molar refractivity (Wildman–Crippen MR) is 56.8 cm³/mol. The summed E-state index contributed by atoms with van der Waals surface area (Å²) in [6.45, 7) is 2.54. The van der Waals surface area contributed by atoms with Gasteiger partial charge in [-0.05, 0) is 19.8 Å². The summed E-state index contributed by atoms with van der Waals surface area (Å²) in [6.07, 6.45) is 2.44. The van der Waals surface area contributed by atoms with Crippen LogP contribution in [0.3, 0.4) is 0 Å². The smallest absolute Gasteiger partial charge is 0.270 e. The lowest BCUT2D eigenvalue weighted by Gasteiger charge is -1.97. The van der Waals surface area contributed by atoms with Crippen LogP contribution in [0.5, 0.6) is 0 Å². The zero-order chi connectivity index (χ0) is 9.97. The van der Waals surface area contributed by atoms with E-state index >= 15 is 0 Å². The van der Waals surface area contributed by atoms with Crippen molar-refractivity contribution in [1.29, 1.82) is 0 Å². The Morgan fingerprint density at radius 2 is 2.50 bits per heavy atom. The van der Waals surface area contributed by atoms with Crippen molar-refractivity contribution >= 4 is 22.4 Å². The van der Waals surface area contributed by atoms with Gasteiger partial charge in [0.05, 0.1) is 0 Å². The molecule has 0 saturated heterocycles. The number of hydrogen-bond donors (Lipinski definition) is 2. The lowest BCUT2D eigenvalue weighted by atomic mass is 10.4. The molecule has 1 aliphatic rings. The molecule has 5 heteroatoms. The molecule has 1 aromatic rings. The standard InChI is InChI=1S/C9H13N3OS/c1-2-10-8(13)7-5-14-9(12-7)11-6-3-4-6/h5-6H,2-4H2,1H3,(H,10,13)(H,11,12). The molecule has 1 aliphatic carbocycles. The molecule has 1 aromatic heterocycles. The van der Waals surface area contributed by atoms with E-state index in [1.54, 1.807) is 5.38 Å². The average Bonchev–Trinajstić information content (AvgIpc) is 2.82. The Bertz CT molecular complexity index is 333. The van der Waals surface area contributed by atoms with Gasteiger partial charge in [0.1, 0.15) is 5.69 Å². The number of hydrogen-bond acceptors (Lipinski definition) is 4. The van der Waals surface area contributed by atoms with Crippen molar-refractivity contribution in [3.05, 3.63) is 11.1 Å². The van der Waals surface area contributed by atoms with Crippen molar-refractivity contribution < 1.29 is 4.79 Å². The van der Waals surface area contributed by atoms with E-state index in [1.165, 1.54) is 24.2 Å². The SMILES string of the molecule is CCNC(=O)c1csc(NC2CC2)n1. The van der Waals surface area contributed by atoms with Crippen molar-refractivity contribution in [2.24, 2.45) is 0 Å². The first-order valence-corrected chi connectivity index (χ1v) is 5.68. The molecular formula is C9H13N3OS. The number of carbonyl (C=O) groups is 1. The van der Waals surface area contributed by atoms with E-state index < -0.39 is 0 Å². The van der Waals surface area contributed by atoms with Crippen LogP contribution in [0.25, 0.3) is 0 Å². The first kappa shape index (κ1) is 9.45. The fourth-order valence-electron chi connectivity index (χ4n) is 1.10. The zero-order valence-electron chi connectivity index (χ0n) is 8.04. The molecule has 0 radical (unpaired) electrons. The van der Waals surface area contributed by atoms with Crippen molar-refractivity contribution in [3.63, 3.8) is 0 Å². The Kier molecular flexibility index (Phi) is 2.67. The molecule has 2 rings (SSSR count). The van der Waals surface area contributed by atoms with Gasteiger partial charge in [0, 0.05) is 18.0 Å². The summed E-state index contributed by atoms with van der Waals surface area (Å²) in [5.74, 6) is -0.0902. The van der Waals surface area contributed by atoms with E-state index in [-0.39, 0.29) is 5.91 Å². The largest absolute Gasteiger partial charge is 0.359 e. The molecule has 1 fully saturated rings. The second-order valence-electron chi connectivity index (χ2n) is 3.32. The van der Waals surface area contributed by atoms with Crippen LogP contribution in [0.2, 0.25) is 0 Å². The number of nitrogens with zero attached hydrogens (tertiary/aromatic N) is 1. The van der Waals surface area contributed by atoms with Crippen LogP contribution in [0.4, 0.5) is 5.13 Å². The molecule has 0 unspecified atom stereocenters. The van der Waals surface area contributed by atoms with Gasteiger partial charge >= 0.3 is 0 Å². The van der Waals surface area contributed by atoms with Crippen molar-refractivity contribution in [1.82, 2.24) is 10.3 Å². The van der Waals surface area contributed by atoms with E-state index in [9.17, 15) is 4.79 Å². The maximum Gasteiger partial charge on any atom is 0.270 e. The van der Waals surface area contributed by atoms with Crippen LogP contribution < -0.4 is 10.6 Å². The highest BCUT2D eigenvalue weighted by Gasteiger charge is 2.22. The molecule has 1 amide bonds. The summed E-state index contributed by atoms with van der Waals surface area (Å²) in [4.78, 5) is 15.6. The topological polar surface area (TPSA) is 54.0 Å². The van der Waals surface area contributed by atoms with Crippen LogP contribution in [-0.2, 0) is 0 Å².